The number of rotatable bonds is 4. The van der Waals surface area contributed by atoms with Crippen molar-refractivity contribution in [2.24, 2.45) is 0 Å². The van der Waals surface area contributed by atoms with Crippen LogP contribution in [0.3, 0.4) is 0 Å². The molecule has 0 saturated heterocycles. The Morgan fingerprint density at radius 2 is 2.06 bits per heavy atom. The first kappa shape index (κ1) is 10.4. The van der Waals surface area contributed by atoms with Crippen molar-refractivity contribution < 1.29 is 9.53 Å². The molecule has 82 valence electrons. The Bertz CT molecular complexity index is 437. The number of hydrogen-bond donors (Lipinski definition) is 0. The molecule has 0 fully saturated rings. The molecular weight excluding hydrogens is 204 g/mol. The van der Waals surface area contributed by atoms with E-state index in [0.29, 0.717) is 6.61 Å². The number of nitrogens with zero attached hydrogens (tertiary/aromatic N) is 2. The van der Waals surface area contributed by atoms with Crippen LogP contribution in [0.1, 0.15) is 5.56 Å². The highest BCUT2D eigenvalue weighted by Crippen LogP contribution is 2.01. The summed E-state index contributed by atoms with van der Waals surface area (Å²) in [5, 5.41) is 3.93. The van der Waals surface area contributed by atoms with Crippen LogP contribution in [0.15, 0.2) is 48.8 Å². The standard InChI is InChI=1S/C12H12N2O2/c15-12(9-14-8-4-7-13-14)16-10-11-5-2-1-3-6-11/h1-8H,9-10H2. The Balaban J connectivity index is 1.80. The van der Waals surface area contributed by atoms with Crippen LogP contribution in [-0.4, -0.2) is 15.7 Å². The average molecular weight is 216 g/mol. The Morgan fingerprint density at radius 1 is 1.25 bits per heavy atom. The van der Waals surface area contributed by atoms with Gasteiger partial charge in [0.1, 0.15) is 13.2 Å². The molecule has 0 aliphatic heterocycles. The van der Waals surface area contributed by atoms with Gasteiger partial charge in [0, 0.05) is 12.4 Å². The van der Waals surface area contributed by atoms with Gasteiger partial charge in [-0.3, -0.25) is 9.48 Å². The first-order valence-corrected chi connectivity index (χ1v) is 5.01. The van der Waals surface area contributed by atoms with Gasteiger partial charge < -0.3 is 4.74 Å². The van der Waals surface area contributed by atoms with E-state index in [1.807, 2.05) is 30.3 Å². The van der Waals surface area contributed by atoms with Crippen molar-refractivity contribution in [2.75, 3.05) is 0 Å². The molecule has 16 heavy (non-hydrogen) atoms. The van der Waals surface area contributed by atoms with Gasteiger partial charge in [-0.05, 0) is 11.6 Å². The van der Waals surface area contributed by atoms with Gasteiger partial charge in [-0.25, -0.2) is 0 Å². The fraction of sp³-hybridized carbons (Fsp3) is 0.167. The molecule has 0 aliphatic carbocycles. The Morgan fingerprint density at radius 3 is 2.75 bits per heavy atom. The fourth-order valence-electron chi connectivity index (χ4n) is 1.31. The van der Waals surface area contributed by atoms with E-state index in [0.717, 1.165) is 5.56 Å². The molecule has 4 heteroatoms. The quantitative estimate of drug-likeness (QED) is 0.729. The molecule has 0 atom stereocenters. The van der Waals surface area contributed by atoms with Crippen LogP contribution in [0.2, 0.25) is 0 Å². The van der Waals surface area contributed by atoms with Gasteiger partial charge in [-0.15, -0.1) is 0 Å². The van der Waals surface area contributed by atoms with Gasteiger partial charge in [-0.1, -0.05) is 30.3 Å². The number of hydrogen-bond acceptors (Lipinski definition) is 3. The van der Waals surface area contributed by atoms with Gasteiger partial charge in [0.25, 0.3) is 0 Å². The smallest absolute Gasteiger partial charge is 0.328 e. The van der Waals surface area contributed by atoms with Crippen molar-refractivity contribution in [3.05, 3.63) is 54.4 Å². The molecular formula is C12H12N2O2. The highest BCUT2D eigenvalue weighted by atomic mass is 16.5. The molecule has 1 aromatic heterocycles. The maximum atomic E-state index is 11.4. The first-order chi connectivity index (χ1) is 7.84. The highest BCUT2D eigenvalue weighted by molar-refractivity contribution is 5.69. The number of esters is 1. The van der Waals surface area contributed by atoms with E-state index in [2.05, 4.69) is 5.10 Å². The van der Waals surface area contributed by atoms with Crippen molar-refractivity contribution in [1.29, 1.82) is 0 Å². The van der Waals surface area contributed by atoms with E-state index in [4.69, 9.17) is 4.74 Å². The third-order valence-electron chi connectivity index (χ3n) is 2.09. The zero-order chi connectivity index (χ0) is 11.2. The van der Waals surface area contributed by atoms with Gasteiger partial charge >= 0.3 is 5.97 Å². The molecule has 1 heterocycles. The lowest BCUT2D eigenvalue weighted by Crippen LogP contribution is -2.13. The zero-order valence-corrected chi connectivity index (χ0v) is 8.74. The minimum Gasteiger partial charge on any atom is -0.459 e. The van der Waals surface area contributed by atoms with E-state index < -0.39 is 0 Å². The molecule has 2 rings (SSSR count). The summed E-state index contributed by atoms with van der Waals surface area (Å²) >= 11 is 0. The molecule has 0 saturated carbocycles. The predicted molar refractivity (Wildman–Crippen MR) is 58.5 cm³/mol. The third-order valence-corrected chi connectivity index (χ3v) is 2.09. The summed E-state index contributed by atoms with van der Waals surface area (Å²) in [6.07, 6.45) is 3.36. The molecule has 0 radical (unpaired) electrons. The van der Waals surface area contributed by atoms with Crippen LogP contribution in [0.4, 0.5) is 0 Å². The van der Waals surface area contributed by atoms with Crippen LogP contribution in [-0.2, 0) is 22.7 Å². The maximum Gasteiger partial charge on any atom is 0.328 e. The van der Waals surface area contributed by atoms with Crippen molar-refractivity contribution in [3.8, 4) is 0 Å². The normalized spacial score (nSPS) is 10.0. The SMILES string of the molecule is O=C(Cn1cccn1)OCc1ccccc1. The van der Waals surface area contributed by atoms with Crippen molar-refractivity contribution >= 4 is 5.97 Å². The average Bonchev–Trinajstić information content (AvgIpc) is 2.81. The lowest BCUT2D eigenvalue weighted by Gasteiger charge is -2.04. The van der Waals surface area contributed by atoms with Crippen LogP contribution in [0.25, 0.3) is 0 Å². The summed E-state index contributed by atoms with van der Waals surface area (Å²) in [5.74, 6) is -0.285. The number of carbonyl (C=O) groups is 1. The van der Waals surface area contributed by atoms with Gasteiger partial charge in [-0.2, -0.15) is 5.10 Å². The van der Waals surface area contributed by atoms with Crippen molar-refractivity contribution in [3.63, 3.8) is 0 Å². The lowest BCUT2D eigenvalue weighted by molar-refractivity contribution is -0.145. The van der Waals surface area contributed by atoms with Gasteiger partial charge in [0.2, 0.25) is 0 Å². The van der Waals surface area contributed by atoms with E-state index in [9.17, 15) is 4.79 Å². The summed E-state index contributed by atoms with van der Waals surface area (Å²) in [4.78, 5) is 11.4. The number of benzene rings is 1. The molecule has 0 bridgehead atoms. The second-order valence-electron chi connectivity index (χ2n) is 3.35. The molecule has 4 nitrogen and oxygen atoms in total. The fourth-order valence-corrected chi connectivity index (χ4v) is 1.31. The van der Waals surface area contributed by atoms with Gasteiger partial charge in [0.15, 0.2) is 0 Å². The molecule has 2 aromatic rings. The highest BCUT2D eigenvalue weighted by Gasteiger charge is 2.04. The second kappa shape index (κ2) is 5.11. The predicted octanol–water partition coefficient (Wildman–Crippen LogP) is 1.63. The van der Waals surface area contributed by atoms with Crippen LogP contribution >= 0.6 is 0 Å². The minimum absolute atomic E-state index is 0.153. The Hall–Kier alpha value is -2.10. The van der Waals surface area contributed by atoms with E-state index in [1.165, 1.54) is 4.68 Å². The molecule has 0 amide bonds. The molecule has 0 spiro atoms. The van der Waals surface area contributed by atoms with Crippen LogP contribution < -0.4 is 0 Å². The van der Waals surface area contributed by atoms with Crippen LogP contribution in [0, 0.1) is 0 Å². The van der Waals surface area contributed by atoms with Crippen molar-refractivity contribution in [2.45, 2.75) is 13.2 Å². The molecule has 1 aromatic carbocycles. The topological polar surface area (TPSA) is 44.1 Å². The monoisotopic (exact) mass is 216 g/mol. The number of ether oxygens (including phenoxy) is 1. The molecule has 0 aliphatic rings. The Labute approximate surface area is 93.5 Å². The second-order valence-corrected chi connectivity index (χ2v) is 3.35. The number of carbonyl (C=O) groups excluding carboxylic acids is 1. The van der Waals surface area contributed by atoms with Crippen molar-refractivity contribution in [1.82, 2.24) is 9.78 Å². The molecule has 0 unspecified atom stereocenters. The lowest BCUT2D eigenvalue weighted by atomic mass is 10.2. The summed E-state index contributed by atoms with van der Waals surface area (Å²) in [5.41, 5.74) is 0.983. The zero-order valence-electron chi connectivity index (χ0n) is 8.74. The Kier molecular flexibility index (Phi) is 3.33. The molecule has 0 N–H and O–H groups in total. The summed E-state index contributed by atoms with van der Waals surface area (Å²) in [6.45, 7) is 0.459. The number of aromatic nitrogens is 2. The van der Waals surface area contributed by atoms with Crippen LogP contribution in [0.5, 0.6) is 0 Å². The maximum absolute atomic E-state index is 11.4. The summed E-state index contributed by atoms with van der Waals surface area (Å²) in [7, 11) is 0. The summed E-state index contributed by atoms with van der Waals surface area (Å²) < 4.78 is 6.64. The largest absolute Gasteiger partial charge is 0.459 e. The van der Waals surface area contributed by atoms with E-state index in [1.54, 1.807) is 18.5 Å². The minimum atomic E-state index is -0.285. The summed E-state index contributed by atoms with van der Waals surface area (Å²) in [6, 6.07) is 11.4. The van der Waals surface area contributed by atoms with Gasteiger partial charge in [0.05, 0.1) is 0 Å². The van der Waals surface area contributed by atoms with E-state index >= 15 is 0 Å². The third kappa shape index (κ3) is 2.95. The van der Waals surface area contributed by atoms with E-state index in [-0.39, 0.29) is 12.5 Å². The first-order valence-electron chi connectivity index (χ1n) is 5.01.